The molecule has 0 saturated carbocycles. The van der Waals surface area contributed by atoms with Gasteiger partial charge in [-0.3, -0.25) is 4.79 Å². The summed E-state index contributed by atoms with van der Waals surface area (Å²) in [7, 11) is 0. The molecule has 0 bridgehead atoms. The van der Waals surface area contributed by atoms with Crippen molar-refractivity contribution in [2.24, 2.45) is 5.92 Å². The van der Waals surface area contributed by atoms with Crippen LogP contribution < -0.4 is 10.6 Å². The highest BCUT2D eigenvalue weighted by molar-refractivity contribution is 9.10. The van der Waals surface area contributed by atoms with E-state index in [0.717, 1.165) is 16.7 Å². The van der Waals surface area contributed by atoms with Crippen LogP contribution in [0.2, 0.25) is 0 Å². The van der Waals surface area contributed by atoms with Gasteiger partial charge in [0.15, 0.2) is 0 Å². The van der Waals surface area contributed by atoms with Crippen LogP contribution in [0, 0.1) is 5.92 Å². The van der Waals surface area contributed by atoms with E-state index in [1.807, 2.05) is 31.2 Å². The predicted octanol–water partition coefficient (Wildman–Crippen LogP) is 2.01. The third kappa shape index (κ3) is 3.10. The number of nitrogens with one attached hydrogen (secondary N) is 2. The summed E-state index contributed by atoms with van der Waals surface area (Å²) in [4.78, 5) is 12.2. The summed E-state index contributed by atoms with van der Waals surface area (Å²) in [5.41, 5.74) is 0.796. The van der Waals surface area contributed by atoms with Gasteiger partial charge in [-0.15, -0.1) is 0 Å². The van der Waals surface area contributed by atoms with Gasteiger partial charge in [0.2, 0.25) is 5.91 Å². The van der Waals surface area contributed by atoms with E-state index in [2.05, 4.69) is 26.6 Å². The first-order valence-electron chi connectivity index (χ1n) is 6.09. The Morgan fingerprint density at radius 2 is 2.22 bits per heavy atom. The van der Waals surface area contributed by atoms with E-state index < -0.39 is 0 Å². The van der Waals surface area contributed by atoms with Crippen molar-refractivity contribution in [2.75, 3.05) is 25.1 Å². The number of amides is 1. The smallest absolute Gasteiger partial charge is 0.231 e. The van der Waals surface area contributed by atoms with Crippen LogP contribution in [0.5, 0.6) is 0 Å². The molecular formula is C13H17BrN2O2. The van der Waals surface area contributed by atoms with Crippen LogP contribution in [0.4, 0.5) is 5.69 Å². The Morgan fingerprint density at radius 1 is 1.44 bits per heavy atom. The molecule has 0 aliphatic carbocycles. The molecule has 18 heavy (non-hydrogen) atoms. The fourth-order valence-corrected chi connectivity index (χ4v) is 2.45. The SMILES string of the molecule is CCNC1COCC1C(=O)Nc1ccccc1Br. The molecule has 2 N–H and O–H groups in total. The number of rotatable bonds is 4. The third-order valence-electron chi connectivity index (χ3n) is 3.02. The lowest BCUT2D eigenvalue weighted by atomic mass is 10.0. The molecule has 4 nitrogen and oxygen atoms in total. The maximum Gasteiger partial charge on any atom is 0.231 e. The number of para-hydroxylation sites is 1. The first kappa shape index (κ1) is 13.5. The minimum absolute atomic E-state index is 0.00495. The Bertz CT molecular complexity index is 425. The normalized spacial score (nSPS) is 23.0. The Labute approximate surface area is 115 Å². The highest BCUT2D eigenvalue weighted by Crippen LogP contribution is 2.23. The lowest BCUT2D eigenvalue weighted by Crippen LogP contribution is -2.41. The number of likely N-dealkylation sites (N-methyl/N-ethyl adjacent to an activating group) is 1. The summed E-state index contributed by atoms with van der Waals surface area (Å²) < 4.78 is 6.26. The molecule has 1 heterocycles. The first-order valence-corrected chi connectivity index (χ1v) is 6.88. The third-order valence-corrected chi connectivity index (χ3v) is 3.71. The largest absolute Gasteiger partial charge is 0.379 e. The summed E-state index contributed by atoms with van der Waals surface area (Å²) in [6.07, 6.45) is 0. The predicted molar refractivity (Wildman–Crippen MR) is 74.5 cm³/mol. The standard InChI is InChI=1S/C13H17BrN2O2/c1-2-15-12-8-18-7-9(12)13(17)16-11-6-4-3-5-10(11)14/h3-6,9,12,15H,2,7-8H2,1H3,(H,16,17). The second-order valence-corrected chi connectivity index (χ2v) is 5.13. The summed E-state index contributed by atoms with van der Waals surface area (Å²) in [6.45, 7) is 3.95. The molecule has 0 aromatic heterocycles. The Morgan fingerprint density at radius 3 is 2.94 bits per heavy atom. The molecule has 1 saturated heterocycles. The topological polar surface area (TPSA) is 50.4 Å². The van der Waals surface area contributed by atoms with Crippen LogP contribution in [-0.2, 0) is 9.53 Å². The second-order valence-electron chi connectivity index (χ2n) is 4.28. The van der Waals surface area contributed by atoms with Gasteiger partial charge in [0.1, 0.15) is 0 Å². The van der Waals surface area contributed by atoms with Crippen molar-refractivity contribution in [2.45, 2.75) is 13.0 Å². The van der Waals surface area contributed by atoms with Crippen molar-refractivity contribution < 1.29 is 9.53 Å². The zero-order valence-corrected chi connectivity index (χ0v) is 11.9. The van der Waals surface area contributed by atoms with Crippen LogP contribution in [-0.4, -0.2) is 31.7 Å². The quantitative estimate of drug-likeness (QED) is 0.894. The average Bonchev–Trinajstić information content (AvgIpc) is 2.81. The number of carbonyl (C=O) groups excluding carboxylic acids is 1. The molecule has 1 amide bonds. The van der Waals surface area contributed by atoms with Gasteiger partial charge >= 0.3 is 0 Å². The summed E-state index contributed by atoms with van der Waals surface area (Å²) in [6, 6.07) is 7.70. The van der Waals surface area contributed by atoms with Crippen LogP contribution in [0.1, 0.15) is 6.92 Å². The zero-order valence-electron chi connectivity index (χ0n) is 10.3. The molecule has 1 aromatic rings. The van der Waals surface area contributed by atoms with Crippen molar-refractivity contribution in [3.05, 3.63) is 28.7 Å². The van der Waals surface area contributed by atoms with E-state index in [1.165, 1.54) is 0 Å². The number of benzene rings is 1. The van der Waals surface area contributed by atoms with Crippen LogP contribution in [0.25, 0.3) is 0 Å². The number of ether oxygens (including phenoxy) is 1. The molecule has 98 valence electrons. The van der Waals surface area contributed by atoms with Gasteiger partial charge in [-0.1, -0.05) is 19.1 Å². The summed E-state index contributed by atoms with van der Waals surface area (Å²) in [5.74, 6) is -0.123. The molecule has 0 radical (unpaired) electrons. The van der Waals surface area contributed by atoms with Gasteiger partial charge in [0.25, 0.3) is 0 Å². The van der Waals surface area contributed by atoms with Crippen molar-refractivity contribution in [3.8, 4) is 0 Å². The lowest BCUT2D eigenvalue weighted by molar-refractivity contribution is -0.120. The van der Waals surface area contributed by atoms with Crippen molar-refractivity contribution in [1.29, 1.82) is 0 Å². The van der Waals surface area contributed by atoms with Gasteiger partial charge in [0.05, 0.1) is 24.8 Å². The van der Waals surface area contributed by atoms with E-state index >= 15 is 0 Å². The molecule has 1 aliphatic heterocycles. The van der Waals surface area contributed by atoms with E-state index in [-0.39, 0.29) is 17.9 Å². The number of anilines is 1. The molecule has 2 atom stereocenters. The van der Waals surface area contributed by atoms with Gasteiger partial charge in [0, 0.05) is 10.5 Å². The molecule has 1 aromatic carbocycles. The summed E-state index contributed by atoms with van der Waals surface area (Å²) >= 11 is 3.42. The van der Waals surface area contributed by atoms with Crippen molar-refractivity contribution >= 4 is 27.5 Å². The molecule has 1 aliphatic rings. The van der Waals surface area contributed by atoms with Gasteiger partial charge in [-0.05, 0) is 34.6 Å². The van der Waals surface area contributed by atoms with Crippen LogP contribution >= 0.6 is 15.9 Å². The number of carbonyl (C=O) groups is 1. The highest BCUT2D eigenvalue weighted by Gasteiger charge is 2.33. The minimum atomic E-state index is -0.128. The van der Waals surface area contributed by atoms with Gasteiger partial charge < -0.3 is 15.4 Å². The lowest BCUT2D eigenvalue weighted by Gasteiger charge is -2.18. The van der Waals surface area contributed by atoms with Crippen molar-refractivity contribution in [1.82, 2.24) is 5.32 Å². The maximum atomic E-state index is 12.2. The fourth-order valence-electron chi connectivity index (χ4n) is 2.06. The first-order chi connectivity index (χ1) is 8.72. The molecule has 0 spiro atoms. The van der Waals surface area contributed by atoms with E-state index in [0.29, 0.717) is 13.2 Å². The van der Waals surface area contributed by atoms with Crippen LogP contribution in [0.15, 0.2) is 28.7 Å². The second kappa shape index (κ2) is 6.31. The molecule has 2 rings (SSSR count). The van der Waals surface area contributed by atoms with Crippen molar-refractivity contribution in [3.63, 3.8) is 0 Å². The fraction of sp³-hybridized carbons (Fsp3) is 0.462. The maximum absolute atomic E-state index is 12.2. The zero-order chi connectivity index (χ0) is 13.0. The van der Waals surface area contributed by atoms with E-state index in [9.17, 15) is 4.79 Å². The molecule has 1 fully saturated rings. The molecule has 5 heteroatoms. The van der Waals surface area contributed by atoms with Crippen LogP contribution in [0.3, 0.4) is 0 Å². The summed E-state index contributed by atoms with van der Waals surface area (Å²) in [5, 5.41) is 6.21. The van der Waals surface area contributed by atoms with Gasteiger partial charge in [-0.25, -0.2) is 0 Å². The van der Waals surface area contributed by atoms with E-state index in [4.69, 9.17) is 4.74 Å². The molecule has 2 unspecified atom stereocenters. The number of hydrogen-bond acceptors (Lipinski definition) is 3. The number of halogens is 1. The minimum Gasteiger partial charge on any atom is -0.379 e. The molecular weight excluding hydrogens is 296 g/mol. The number of hydrogen-bond donors (Lipinski definition) is 2. The Hall–Kier alpha value is -0.910. The average molecular weight is 313 g/mol. The Kier molecular flexibility index (Phi) is 4.74. The highest BCUT2D eigenvalue weighted by atomic mass is 79.9. The van der Waals surface area contributed by atoms with E-state index in [1.54, 1.807) is 0 Å². The van der Waals surface area contributed by atoms with Gasteiger partial charge in [-0.2, -0.15) is 0 Å². The Balaban J connectivity index is 2.01. The monoisotopic (exact) mass is 312 g/mol.